The Morgan fingerprint density at radius 2 is 1.83 bits per heavy atom. The van der Waals surface area contributed by atoms with Crippen molar-refractivity contribution in [1.29, 1.82) is 0 Å². The highest BCUT2D eigenvalue weighted by Crippen LogP contribution is 2.49. The molecule has 2 atom stereocenters. The first-order valence-corrected chi connectivity index (χ1v) is 21.6. The molecule has 9 nitrogen and oxygen atoms in total. The van der Waals surface area contributed by atoms with Crippen LogP contribution in [0.1, 0.15) is 70.1 Å². The molecule has 1 N–H and O–H groups in total. The third-order valence-corrected chi connectivity index (χ3v) is 15.5. The van der Waals surface area contributed by atoms with Crippen molar-refractivity contribution in [3.63, 3.8) is 0 Å². The summed E-state index contributed by atoms with van der Waals surface area (Å²) in [6, 6.07) is 12.3. The first-order valence-electron chi connectivity index (χ1n) is 16.4. The van der Waals surface area contributed by atoms with E-state index in [9.17, 15) is 4.21 Å². The number of nitrogens with one attached hydrogen (secondary N) is 1. The van der Waals surface area contributed by atoms with Gasteiger partial charge in [0.2, 0.25) is 5.95 Å². The molecule has 11 heteroatoms. The standard InChI is InChI=1S/C35H53N7O2SSi/c1-24-21-27(15-16-28(24)26-17-19-41(7)20-18-26)37-33-36-22-29-32(39-33)42(31-14-12-13-30(38-31)40-45(8,9)43)25(2)35(29,6)23-44-46(10,11)34(3,4)5/h12-16,21-22,25-26H,17-20,23H2,1-11H3,(H,36,37,39)/t25-,35-/m1/s1. The predicted octanol–water partition coefficient (Wildman–Crippen LogP) is 7.91. The van der Waals surface area contributed by atoms with E-state index in [4.69, 9.17) is 19.4 Å². The summed E-state index contributed by atoms with van der Waals surface area (Å²) in [7, 11) is -2.20. The van der Waals surface area contributed by atoms with Gasteiger partial charge in [-0.05, 0) is 106 Å². The van der Waals surface area contributed by atoms with Gasteiger partial charge in [-0.3, -0.25) is 0 Å². The number of rotatable bonds is 8. The van der Waals surface area contributed by atoms with Gasteiger partial charge in [0.05, 0.1) is 0 Å². The van der Waals surface area contributed by atoms with E-state index < -0.39 is 23.5 Å². The monoisotopic (exact) mass is 663 g/mol. The largest absolute Gasteiger partial charge is 0.416 e. The average molecular weight is 664 g/mol. The minimum absolute atomic E-state index is 0.0387. The number of fused-ring (bicyclic) bond motifs is 1. The van der Waals surface area contributed by atoms with Gasteiger partial charge in [-0.2, -0.15) is 9.35 Å². The van der Waals surface area contributed by atoms with E-state index in [0.29, 0.717) is 30.1 Å². The molecule has 2 aliphatic heterocycles. The van der Waals surface area contributed by atoms with Crippen molar-refractivity contribution in [1.82, 2.24) is 19.9 Å². The molecule has 2 aliphatic rings. The van der Waals surface area contributed by atoms with Crippen LogP contribution in [-0.4, -0.2) is 77.7 Å². The summed E-state index contributed by atoms with van der Waals surface area (Å²) in [5.74, 6) is 3.08. The van der Waals surface area contributed by atoms with Gasteiger partial charge in [-0.25, -0.2) is 14.2 Å². The van der Waals surface area contributed by atoms with Crippen LogP contribution in [0.4, 0.5) is 29.1 Å². The summed E-state index contributed by atoms with van der Waals surface area (Å²) >= 11 is 0. The lowest BCUT2D eigenvalue weighted by molar-refractivity contribution is 0.197. The van der Waals surface area contributed by atoms with E-state index in [1.54, 1.807) is 18.6 Å². The van der Waals surface area contributed by atoms with E-state index in [2.05, 4.69) is 99.4 Å². The molecule has 4 heterocycles. The van der Waals surface area contributed by atoms with Crippen LogP contribution in [0.3, 0.4) is 0 Å². The average Bonchev–Trinajstić information content (AvgIpc) is 3.17. The van der Waals surface area contributed by atoms with Crippen LogP contribution in [0.5, 0.6) is 0 Å². The maximum atomic E-state index is 12.5. The number of hydrogen-bond acceptors (Lipinski definition) is 9. The Morgan fingerprint density at radius 1 is 1.13 bits per heavy atom. The number of benzene rings is 1. The van der Waals surface area contributed by atoms with Crippen molar-refractivity contribution in [2.45, 2.75) is 89.9 Å². The number of aryl methyl sites for hydroxylation is 1. The molecule has 1 saturated heterocycles. The summed E-state index contributed by atoms with van der Waals surface area (Å²) in [6.45, 7) is 20.8. The first-order chi connectivity index (χ1) is 21.4. The van der Waals surface area contributed by atoms with E-state index >= 15 is 0 Å². The number of pyridine rings is 1. The third kappa shape index (κ3) is 7.17. The van der Waals surface area contributed by atoms with Crippen molar-refractivity contribution in [3.05, 3.63) is 59.3 Å². The minimum atomic E-state index is -2.37. The van der Waals surface area contributed by atoms with Crippen LogP contribution in [-0.2, 0) is 19.6 Å². The van der Waals surface area contributed by atoms with Crippen molar-refractivity contribution < 1.29 is 8.63 Å². The second-order valence-electron chi connectivity index (χ2n) is 15.3. The molecule has 5 rings (SSSR count). The fraction of sp³-hybridized carbons (Fsp3) is 0.571. The summed E-state index contributed by atoms with van der Waals surface area (Å²) < 4.78 is 23.8. The van der Waals surface area contributed by atoms with Crippen LogP contribution >= 0.6 is 0 Å². The summed E-state index contributed by atoms with van der Waals surface area (Å²) in [4.78, 5) is 19.4. The Hall–Kier alpha value is -2.86. The first kappa shape index (κ1) is 34.5. The second kappa shape index (κ2) is 12.6. The van der Waals surface area contributed by atoms with Gasteiger partial charge in [0.15, 0.2) is 14.1 Å². The highest BCUT2D eigenvalue weighted by molar-refractivity contribution is 7.92. The summed E-state index contributed by atoms with van der Waals surface area (Å²) in [5, 5.41) is 3.57. The predicted molar refractivity (Wildman–Crippen MR) is 194 cm³/mol. The van der Waals surface area contributed by atoms with Gasteiger partial charge in [0.25, 0.3) is 0 Å². The van der Waals surface area contributed by atoms with Crippen molar-refractivity contribution >= 4 is 47.1 Å². The van der Waals surface area contributed by atoms with Crippen LogP contribution in [0.25, 0.3) is 0 Å². The summed E-state index contributed by atoms with van der Waals surface area (Å²) in [6.07, 6.45) is 7.59. The van der Waals surface area contributed by atoms with E-state index in [-0.39, 0.29) is 11.1 Å². The molecule has 0 saturated carbocycles. The molecule has 1 fully saturated rings. The highest BCUT2D eigenvalue weighted by atomic mass is 32.2. The molecule has 1 aromatic carbocycles. The quantitative estimate of drug-likeness (QED) is 0.243. The molecule has 250 valence electrons. The lowest BCUT2D eigenvalue weighted by Crippen LogP contribution is -2.48. The fourth-order valence-electron chi connectivity index (χ4n) is 6.25. The van der Waals surface area contributed by atoms with Gasteiger partial charge in [-0.1, -0.05) is 39.8 Å². The Bertz CT molecular complexity index is 1700. The number of piperidine rings is 1. The zero-order valence-corrected chi connectivity index (χ0v) is 31.5. The number of likely N-dealkylation sites (tertiary alicyclic amines) is 1. The Balaban J connectivity index is 1.51. The number of hydrogen-bond donors (Lipinski definition) is 1. The molecule has 0 spiro atoms. The van der Waals surface area contributed by atoms with Gasteiger partial charge in [0.1, 0.15) is 11.6 Å². The van der Waals surface area contributed by atoms with E-state index in [0.717, 1.165) is 30.2 Å². The molecule has 0 unspecified atom stereocenters. The molecule has 2 aromatic heterocycles. The Kier molecular flexibility index (Phi) is 9.46. The maximum Gasteiger partial charge on any atom is 0.229 e. The second-order valence-corrected chi connectivity index (χ2v) is 22.7. The molecule has 0 bridgehead atoms. The Labute approximate surface area is 277 Å². The zero-order chi connectivity index (χ0) is 33.7. The number of anilines is 4. The lowest BCUT2D eigenvalue weighted by Gasteiger charge is -2.40. The third-order valence-electron chi connectivity index (χ3n) is 10.4. The normalized spacial score (nSPS) is 21.4. The zero-order valence-electron chi connectivity index (χ0n) is 29.6. The molecule has 0 amide bonds. The van der Waals surface area contributed by atoms with E-state index in [1.807, 2.05) is 18.3 Å². The summed E-state index contributed by atoms with van der Waals surface area (Å²) in [5.41, 5.74) is 4.32. The molecule has 46 heavy (non-hydrogen) atoms. The van der Waals surface area contributed by atoms with Crippen molar-refractivity contribution in [3.8, 4) is 0 Å². The van der Waals surface area contributed by atoms with Crippen molar-refractivity contribution in [2.24, 2.45) is 4.36 Å². The molecular formula is C35H53N7O2SSi. The molecule has 0 aliphatic carbocycles. The minimum Gasteiger partial charge on any atom is -0.416 e. The fourth-order valence-corrected chi connectivity index (χ4v) is 7.89. The van der Waals surface area contributed by atoms with Crippen LogP contribution in [0.2, 0.25) is 18.1 Å². The van der Waals surface area contributed by atoms with Crippen LogP contribution < -0.4 is 10.2 Å². The lowest BCUT2D eigenvalue weighted by atomic mass is 9.81. The van der Waals surface area contributed by atoms with Crippen LogP contribution in [0, 0.1) is 6.92 Å². The molecule has 0 radical (unpaired) electrons. The van der Waals surface area contributed by atoms with E-state index in [1.165, 1.54) is 24.0 Å². The van der Waals surface area contributed by atoms with Gasteiger partial charge < -0.3 is 19.5 Å². The highest BCUT2D eigenvalue weighted by Gasteiger charge is 2.50. The van der Waals surface area contributed by atoms with Crippen molar-refractivity contribution in [2.75, 3.05) is 49.5 Å². The Morgan fingerprint density at radius 3 is 2.46 bits per heavy atom. The molecular weight excluding hydrogens is 611 g/mol. The smallest absolute Gasteiger partial charge is 0.229 e. The number of nitrogens with zero attached hydrogens (tertiary/aromatic N) is 6. The van der Waals surface area contributed by atoms with Gasteiger partial charge >= 0.3 is 0 Å². The van der Waals surface area contributed by atoms with Crippen LogP contribution in [0.15, 0.2) is 47.0 Å². The maximum absolute atomic E-state index is 12.5. The van der Waals surface area contributed by atoms with Gasteiger partial charge in [0, 0.05) is 57.8 Å². The SMILES string of the molecule is Cc1cc(Nc2ncc3c(n2)N(c2cccc(N=S(C)(C)=O)n2)[C@H](C)[C@@]3(C)CO[Si](C)(C)C(C)(C)C)ccc1C1CCN(C)CC1. The van der Waals surface area contributed by atoms with Gasteiger partial charge in [-0.15, -0.1) is 0 Å². The molecule has 3 aromatic rings. The number of aromatic nitrogens is 3. The topological polar surface area (TPSA) is 95.8 Å².